The molecule has 8 heteroatoms. The lowest BCUT2D eigenvalue weighted by molar-refractivity contribution is -0.120. The second kappa shape index (κ2) is 9.94. The van der Waals surface area contributed by atoms with Gasteiger partial charge >= 0.3 is 6.18 Å². The number of methoxy groups -OCH3 is 1. The first-order valence-corrected chi connectivity index (χ1v) is 11.8. The van der Waals surface area contributed by atoms with Crippen LogP contribution in [0.4, 0.5) is 24.5 Å². The molecule has 1 aromatic carbocycles. The molecule has 0 spiro atoms. The molecule has 0 saturated carbocycles. The SMILES string of the molecule is C=C/C(=C\C=C(/C)OC)C1Cc2c(NC3CCS(=O)CC3)cccc2N1CC(F)(F)F. The molecule has 2 heterocycles. The van der Waals surface area contributed by atoms with Crippen molar-refractivity contribution in [2.45, 2.75) is 44.4 Å². The summed E-state index contributed by atoms with van der Waals surface area (Å²) in [5.74, 6) is 1.97. The molecule has 1 aromatic rings. The Balaban J connectivity index is 1.93. The zero-order valence-corrected chi connectivity index (χ0v) is 18.7. The molecule has 3 rings (SSSR count). The molecule has 0 radical (unpaired) electrons. The fourth-order valence-corrected chi connectivity index (χ4v) is 5.41. The second-order valence-electron chi connectivity index (χ2n) is 7.89. The zero-order valence-electron chi connectivity index (χ0n) is 17.9. The molecule has 1 unspecified atom stereocenters. The van der Waals surface area contributed by atoms with Gasteiger partial charge in [-0.1, -0.05) is 24.8 Å². The van der Waals surface area contributed by atoms with Gasteiger partial charge in [0.1, 0.15) is 6.54 Å². The highest BCUT2D eigenvalue weighted by molar-refractivity contribution is 7.85. The monoisotopic (exact) mass is 454 g/mol. The van der Waals surface area contributed by atoms with E-state index >= 15 is 0 Å². The number of nitrogens with one attached hydrogen (secondary N) is 1. The topological polar surface area (TPSA) is 41.6 Å². The molecule has 2 aliphatic rings. The zero-order chi connectivity index (χ0) is 22.6. The highest BCUT2D eigenvalue weighted by atomic mass is 32.2. The first-order valence-electron chi connectivity index (χ1n) is 10.3. The van der Waals surface area contributed by atoms with E-state index in [1.54, 1.807) is 44.4 Å². The van der Waals surface area contributed by atoms with Crippen molar-refractivity contribution in [2.24, 2.45) is 0 Å². The summed E-state index contributed by atoms with van der Waals surface area (Å²) in [6, 6.07) is 5.17. The van der Waals surface area contributed by atoms with E-state index in [-0.39, 0.29) is 6.04 Å². The van der Waals surface area contributed by atoms with Crippen molar-refractivity contribution in [3.63, 3.8) is 0 Å². The molecule has 1 atom stereocenters. The molecule has 0 amide bonds. The smallest absolute Gasteiger partial charge is 0.405 e. The molecular weight excluding hydrogens is 425 g/mol. The van der Waals surface area contributed by atoms with Gasteiger partial charge in [0.2, 0.25) is 0 Å². The Kier molecular flexibility index (Phi) is 7.51. The predicted molar refractivity (Wildman–Crippen MR) is 121 cm³/mol. The van der Waals surface area contributed by atoms with E-state index in [2.05, 4.69) is 11.9 Å². The molecule has 4 nitrogen and oxygen atoms in total. The molecule has 1 saturated heterocycles. The van der Waals surface area contributed by atoms with E-state index in [1.165, 1.54) is 4.90 Å². The van der Waals surface area contributed by atoms with E-state index in [0.29, 0.717) is 34.9 Å². The van der Waals surface area contributed by atoms with Crippen molar-refractivity contribution in [1.29, 1.82) is 0 Å². The molecule has 170 valence electrons. The van der Waals surface area contributed by atoms with Crippen LogP contribution in [0.3, 0.4) is 0 Å². The molecular formula is C23H29F3N2O2S. The quantitative estimate of drug-likeness (QED) is 0.467. The largest absolute Gasteiger partial charge is 0.501 e. The molecule has 0 aromatic heterocycles. The number of anilines is 2. The average molecular weight is 455 g/mol. The van der Waals surface area contributed by atoms with Gasteiger partial charge in [0.15, 0.2) is 0 Å². The van der Waals surface area contributed by atoms with Gasteiger partial charge in [-0.05, 0) is 43.5 Å². The van der Waals surface area contributed by atoms with Crippen LogP contribution in [0.2, 0.25) is 0 Å². The first-order chi connectivity index (χ1) is 14.7. The van der Waals surface area contributed by atoms with E-state index in [1.807, 2.05) is 6.07 Å². The van der Waals surface area contributed by atoms with Crippen molar-refractivity contribution in [1.82, 2.24) is 0 Å². The van der Waals surface area contributed by atoms with Gasteiger partial charge in [-0.2, -0.15) is 13.2 Å². The fourth-order valence-electron chi connectivity index (χ4n) is 4.11. The second-order valence-corrected chi connectivity index (χ2v) is 9.58. The number of ether oxygens (including phenoxy) is 1. The van der Waals surface area contributed by atoms with E-state index in [9.17, 15) is 17.4 Å². The first kappa shape index (κ1) is 23.4. The summed E-state index contributed by atoms with van der Waals surface area (Å²) in [6.45, 7) is 4.59. The van der Waals surface area contributed by atoms with Gasteiger partial charge in [0.25, 0.3) is 0 Å². The summed E-state index contributed by atoms with van der Waals surface area (Å²) in [5, 5.41) is 3.50. The predicted octanol–water partition coefficient (Wildman–Crippen LogP) is 4.97. The van der Waals surface area contributed by atoms with E-state index in [4.69, 9.17) is 4.74 Å². The third kappa shape index (κ3) is 5.93. The van der Waals surface area contributed by atoms with Crippen molar-refractivity contribution in [3.05, 3.63) is 59.9 Å². The Morgan fingerprint density at radius 1 is 1.32 bits per heavy atom. The van der Waals surface area contributed by atoms with Gasteiger partial charge in [-0.15, -0.1) is 0 Å². The number of hydrogen-bond donors (Lipinski definition) is 1. The maximum absolute atomic E-state index is 13.5. The van der Waals surface area contributed by atoms with Crippen molar-refractivity contribution in [3.8, 4) is 0 Å². The summed E-state index contributed by atoms with van der Waals surface area (Å²) < 4.78 is 57.2. The van der Waals surface area contributed by atoms with Crippen LogP contribution >= 0.6 is 0 Å². The van der Waals surface area contributed by atoms with Gasteiger partial charge in [-0.25, -0.2) is 0 Å². The van der Waals surface area contributed by atoms with Crippen LogP contribution < -0.4 is 10.2 Å². The molecule has 0 aliphatic carbocycles. The molecule has 0 bridgehead atoms. The lowest BCUT2D eigenvalue weighted by Gasteiger charge is -2.29. The van der Waals surface area contributed by atoms with Crippen LogP contribution in [0.15, 0.2) is 54.3 Å². The van der Waals surface area contributed by atoms with Crippen LogP contribution in [0.25, 0.3) is 0 Å². The Morgan fingerprint density at radius 3 is 2.65 bits per heavy atom. The number of rotatable bonds is 7. The summed E-state index contributed by atoms with van der Waals surface area (Å²) in [5.41, 5.74) is 3.03. The van der Waals surface area contributed by atoms with Gasteiger partial charge in [0, 0.05) is 51.7 Å². The fraction of sp³-hybridized carbons (Fsp3) is 0.478. The highest BCUT2D eigenvalue weighted by Crippen LogP contribution is 2.41. The average Bonchev–Trinajstić information content (AvgIpc) is 3.08. The number of fused-ring (bicyclic) bond motifs is 1. The van der Waals surface area contributed by atoms with Crippen molar-refractivity contribution in [2.75, 3.05) is 35.4 Å². The Hall–Kier alpha value is -2.22. The number of allylic oxidation sites excluding steroid dienone is 3. The van der Waals surface area contributed by atoms with E-state index in [0.717, 1.165) is 24.1 Å². The number of hydrogen-bond acceptors (Lipinski definition) is 4. The van der Waals surface area contributed by atoms with Crippen LogP contribution in [-0.2, 0) is 22.0 Å². The summed E-state index contributed by atoms with van der Waals surface area (Å²) in [7, 11) is 0.786. The van der Waals surface area contributed by atoms with Crippen LogP contribution in [0, 0.1) is 0 Å². The molecule has 1 N–H and O–H groups in total. The van der Waals surface area contributed by atoms with Crippen molar-refractivity contribution < 1.29 is 22.1 Å². The van der Waals surface area contributed by atoms with Crippen LogP contribution in [-0.4, -0.2) is 47.6 Å². The van der Waals surface area contributed by atoms with E-state index < -0.39 is 29.6 Å². The maximum atomic E-state index is 13.5. The van der Waals surface area contributed by atoms with Gasteiger partial charge in [0.05, 0.1) is 18.9 Å². The third-order valence-corrected chi connectivity index (χ3v) is 7.17. The van der Waals surface area contributed by atoms with Crippen LogP contribution in [0.1, 0.15) is 25.3 Å². The Labute approximate surface area is 184 Å². The summed E-state index contributed by atoms with van der Waals surface area (Å²) in [6.07, 6.45) is 2.84. The lowest BCUT2D eigenvalue weighted by Crippen LogP contribution is -2.40. The summed E-state index contributed by atoms with van der Waals surface area (Å²) in [4.78, 5) is 1.42. The van der Waals surface area contributed by atoms with Crippen molar-refractivity contribution >= 4 is 22.2 Å². The highest BCUT2D eigenvalue weighted by Gasteiger charge is 2.40. The number of nitrogens with zero attached hydrogens (tertiary/aromatic N) is 1. The standard InChI is InChI=1S/C23H29F3N2O2S/c1-4-17(9-8-16(2)30-3)22-14-19-20(27-18-10-12-31(29)13-11-18)6-5-7-21(19)28(22)15-23(24,25)26/h4-9,18,22,27H,1,10-15H2,2-3H3/b16-8+,17-9+. The molecule has 2 aliphatic heterocycles. The minimum atomic E-state index is -4.33. The minimum Gasteiger partial charge on any atom is -0.501 e. The Morgan fingerprint density at radius 2 is 2.03 bits per heavy atom. The van der Waals surface area contributed by atoms with Crippen LogP contribution in [0.5, 0.6) is 0 Å². The maximum Gasteiger partial charge on any atom is 0.405 e. The third-order valence-electron chi connectivity index (χ3n) is 5.78. The van der Waals surface area contributed by atoms with Gasteiger partial charge < -0.3 is 15.0 Å². The normalized spacial score (nSPS) is 24.7. The van der Waals surface area contributed by atoms with Gasteiger partial charge in [-0.3, -0.25) is 4.21 Å². The Bertz CT molecular complexity index is 885. The number of halogens is 3. The number of alkyl halides is 3. The summed E-state index contributed by atoms with van der Waals surface area (Å²) >= 11 is 0. The lowest BCUT2D eigenvalue weighted by atomic mass is 10.00. The minimum absolute atomic E-state index is 0.181. The molecule has 31 heavy (non-hydrogen) atoms. The molecule has 1 fully saturated rings. The number of benzene rings is 1.